The molecular weight excluding hydrogens is 256 g/mol. The molecule has 0 heterocycles. The van der Waals surface area contributed by atoms with Gasteiger partial charge in [0, 0.05) is 5.69 Å². The quantitative estimate of drug-likeness (QED) is 0.876. The maximum atomic E-state index is 11.6. The number of carbonyl (C=O) groups is 2. The fourth-order valence-corrected chi connectivity index (χ4v) is 1.59. The number of rotatable bonds is 4. The molecular formula is C12H11ClN2O3. The lowest BCUT2D eigenvalue weighted by molar-refractivity contribution is -0.118. The predicted molar refractivity (Wildman–Crippen MR) is 66.4 cm³/mol. The maximum absolute atomic E-state index is 11.6. The number of amides is 1. The molecule has 0 fully saturated rings. The number of aromatic carboxylic acids is 1. The van der Waals surface area contributed by atoms with Crippen LogP contribution in [0.3, 0.4) is 0 Å². The number of nitriles is 1. The second-order valence-corrected chi connectivity index (χ2v) is 3.99. The normalized spacial score (nSPS) is 11.4. The lowest BCUT2D eigenvalue weighted by Gasteiger charge is -2.09. The molecule has 0 aromatic heterocycles. The van der Waals surface area contributed by atoms with Crippen LogP contribution in [0.4, 0.5) is 5.69 Å². The summed E-state index contributed by atoms with van der Waals surface area (Å²) in [5.41, 5.74) is 0.325. The van der Waals surface area contributed by atoms with Gasteiger partial charge < -0.3 is 10.4 Å². The number of nitrogens with zero attached hydrogens (tertiary/aromatic N) is 1. The molecule has 5 nitrogen and oxygen atoms in total. The van der Waals surface area contributed by atoms with Gasteiger partial charge in [-0.2, -0.15) is 5.26 Å². The average molecular weight is 267 g/mol. The molecule has 0 saturated carbocycles. The monoisotopic (exact) mass is 266 g/mol. The van der Waals surface area contributed by atoms with Crippen molar-refractivity contribution < 1.29 is 14.7 Å². The third kappa shape index (κ3) is 3.22. The number of hydrogen-bond acceptors (Lipinski definition) is 3. The van der Waals surface area contributed by atoms with Crippen molar-refractivity contribution in [1.82, 2.24) is 0 Å². The standard InChI is InChI=1S/C12H11ClN2O3/c1-2-7(6-14)11(16)15-8-3-4-9(12(17)18)10(13)5-8/h3-5,7H,2H2,1H3,(H,15,16)(H,17,18). The first-order chi connectivity index (χ1) is 8.49. The summed E-state index contributed by atoms with van der Waals surface area (Å²) in [5.74, 6) is -2.30. The van der Waals surface area contributed by atoms with E-state index in [1.165, 1.54) is 18.2 Å². The van der Waals surface area contributed by atoms with Crippen LogP contribution in [0.5, 0.6) is 0 Å². The molecule has 2 N–H and O–H groups in total. The van der Waals surface area contributed by atoms with Gasteiger partial charge >= 0.3 is 5.97 Å². The highest BCUT2D eigenvalue weighted by Crippen LogP contribution is 2.21. The zero-order chi connectivity index (χ0) is 13.7. The smallest absolute Gasteiger partial charge is 0.337 e. The van der Waals surface area contributed by atoms with Crippen molar-refractivity contribution in [2.24, 2.45) is 5.92 Å². The Morgan fingerprint density at radius 1 is 1.56 bits per heavy atom. The molecule has 0 radical (unpaired) electrons. The highest BCUT2D eigenvalue weighted by Gasteiger charge is 2.16. The number of carbonyl (C=O) groups excluding carboxylic acids is 1. The minimum atomic E-state index is -1.14. The van der Waals surface area contributed by atoms with E-state index in [9.17, 15) is 9.59 Å². The molecule has 0 bridgehead atoms. The molecule has 0 aliphatic carbocycles. The fraction of sp³-hybridized carbons (Fsp3) is 0.250. The van der Waals surface area contributed by atoms with Crippen molar-refractivity contribution in [3.8, 4) is 6.07 Å². The van der Waals surface area contributed by atoms with Crippen LogP contribution in [0, 0.1) is 17.2 Å². The van der Waals surface area contributed by atoms with Crippen molar-refractivity contribution in [1.29, 1.82) is 5.26 Å². The van der Waals surface area contributed by atoms with Gasteiger partial charge in [-0.1, -0.05) is 18.5 Å². The number of anilines is 1. The molecule has 1 amide bonds. The first kappa shape index (κ1) is 14.0. The Morgan fingerprint density at radius 2 is 2.22 bits per heavy atom. The van der Waals surface area contributed by atoms with Crippen LogP contribution in [-0.4, -0.2) is 17.0 Å². The minimum absolute atomic E-state index is 0.0327. The lowest BCUT2D eigenvalue weighted by atomic mass is 10.1. The molecule has 6 heteroatoms. The first-order valence-electron chi connectivity index (χ1n) is 5.23. The Bertz CT molecular complexity index is 523. The number of hydrogen-bond donors (Lipinski definition) is 2. The Labute approximate surface area is 109 Å². The van der Waals surface area contributed by atoms with Crippen LogP contribution in [-0.2, 0) is 4.79 Å². The fourth-order valence-electron chi connectivity index (χ4n) is 1.33. The van der Waals surface area contributed by atoms with Gasteiger partial charge in [0.1, 0.15) is 5.92 Å². The molecule has 1 aromatic rings. The number of carboxylic acid groups (broad SMARTS) is 1. The summed E-state index contributed by atoms with van der Waals surface area (Å²) in [7, 11) is 0. The van der Waals surface area contributed by atoms with E-state index in [0.717, 1.165) is 0 Å². The van der Waals surface area contributed by atoms with Gasteiger partial charge in [-0.25, -0.2) is 4.79 Å². The molecule has 0 aliphatic heterocycles. The Kier molecular flexibility index (Phi) is 4.69. The van der Waals surface area contributed by atoms with Crippen molar-refractivity contribution >= 4 is 29.2 Å². The summed E-state index contributed by atoms with van der Waals surface area (Å²) in [5, 5.41) is 20.1. The van der Waals surface area contributed by atoms with Crippen molar-refractivity contribution in [3.05, 3.63) is 28.8 Å². The van der Waals surface area contributed by atoms with Crippen molar-refractivity contribution in [2.45, 2.75) is 13.3 Å². The van der Waals surface area contributed by atoms with Crippen LogP contribution < -0.4 is 5.32 Å². The molecule has 94 valence electrons. The van der Waals surface area contributed by atoms with E-state index in [1.54, 1.807) is 6.92 Å². The number of benzene rings is 1. The van der Waals surface area contributed by atoms with E-state index in [-0.39, 0.29) is 10.6 Å². The first-order valence-corrected chi connectivity index (χ1v) is 5.60. The SMILES string of the molecule is CCC(C#N)C(=O)Nc1ccc(C(=O)O)c(Cl)c1. The van der Waals surface area contributed by atoms with Crippen molar-refractivity contribution in [3.63, 3.8) is 0 Å². The Balaban J connectivity index is 2.88. The summed E-state index contributed by atoms with van der Waals surface area (Å²) in [6.45, 7) is 1.73. The summed E-state index contributed by atoms with van der Waals surface area (Å²) in [4.78, 5) is 22.4. The zero-order valence-electron chi connectivity index (χ0n) is 9.61. The van der Waals surface area contributed by atoms with Gasteiger partial charge in [-0.15, -0.1) is 0 Å². The second kappa shape index (κ2) is 6.03. The molecule has 1 atom stereocenters. The average Bonchev–Trinajstić information content (AvgIpc) is 2.30. The second-order valence-electron chi connectivity index (χ2n) is 3.58. The molecule has 1 aromatic carbocycles. The van der Waals surface area contributed by atoms with Gasteiger partial charge in [-0.05, 0) is 24.6 Å². The van der Waals surface area contributed by atoms with E-state index >= 15 is 0 Å². The van der Waals surface area contributed by atoms with Gasteiger partial charge in [-0.3, -0.25) is 4.79 Å². The Morgan fingerprint density at radius 3 is 2.67 bits per heavy atom. The van der Waals surface area contributed by atoms with Gasteiger partial charge in [0.2, 0.25) is 5.91 Å². The maximum Gasteiger partial charge on any atom is 0.337 e. The van der Waals surface area contributed by atoms with Crippen LogP contribution >= 0.6 is 11.6 Å². The van der Waals surface area contributed by atoms with E-state index in [4.69, 9.17) is 22.0 Å². The number of carboxylic acids is 1. The number of halogens is 1. The zero-order valence-corrected chi connectivity index (χ0v) is 10.4. The summed E-state index contributed by atoms with van der Waals surface area (Å²) in [6, 6.07) is 5.94. The summed E-state index contributed by atoms with van der Waals surface area (Å²) in [6.07, 6.45) is 0.406. The lowest BCUT2D eigenvalue weighted by Crippen LogP contribution is -2.20. The van der Waals surface area contributed by atoms with E-state index in [2.05, 4.69) is 5.32 Å². The summed E-state index contributed by atoms with van der Waals surface area (Å²) < 4.78 is 0. The third-order valence-electron chi connectivity index (χ3n) is 2.35. The third-order valence-corrected chi connectivity index (χ3v) is 2.66. The predicted octanol–water partition coefficient (Wildman–Crippen LogP) is 2.53. The molecule has 0 spiro atoms. The number of nitrogens with one attached hydrogen (secondary N) is 1. The summed E-state index contributed by atoms with van der Waals surface area (Å²) >= 11 is 5.76. The van der Waals surface area contributed by atoms with E-state index in [1.807, 2.05) is 6.07 Å². The largest absolute Gasteiger partial charge is 0.478 e. The van der Waals surface area contributed by atoms with E-state index in [0.29, 0.717) is 12.1 Å². The molecule has 1 unspecified atom stereocenters. The molecule has 18 heavy (non-hydrogen) atoms. The van der Waals surface area contributed by atoms with Crippen molar-refractivity contribution in [2.75, 3.05) is 5.32 Å². The topological polar surface area (TPSA) is 90.2 Å². The van der Waals surface area contributed by atoms with Gasteiger partial charge in [0.15, 0.2) is 0 Å². The highest BCUT2D eigenvalue weighted by molar-refractivity contribution is 6.33. The van der Waals surface area contributed by atoms with Crippen LogP contribution in [0.2, 0.25) is 5.02 Å². The van der Waals surface area contributed by atoms with E-state index < -0.39 is 17.8 Å². The minimum Gasteiger partial charge on any atom is -0.478 e. The van der Waals surface area contributed by atoms with Crippen LogP contribution in [0.1, 0.15) is 23.7 Å². The van der Waals surface area contributed by atoms with Gasteiger partial charge in [0.25, 0.3) is 0 Å². The van der Waals surface area contributed by atoms with Crippen LogP contribution in [0.25, 0.3) is 0 Å². The molecule has 0 aliphatic rings. The Hall–Kier alpha value is -2.06. The van der Waals surface area contributed by atoms with Gasteiger partial charge in [0.05, 0.1) is 16.7 Å². The molecule has 1 rings (SSSR count). The van der Waals surface area contributed by atoms with Crippen LogP contribution in [0.15, 0.2) is 18.2 Å². The highest BCUT2D eigenvalue weighted by atomic mass is 35.5. The molecule has 0 saturated heterocycles.